The van der Waals surface area contributed by atoms with Gasteiger partial charge in [0.25, 0.3) is 6.43 Å². The summed E-state index contributed by atoms with van der Waals surface area (Å²) in [4.78, 5) is 23.7. The molecule has 1 aromatic rings. The van der Waals surface area contributed by atoms with Crippen molar-refractivity contribution < 1.29 is 23.1 Å². The largest absolute Gasteiger partial charge is 0.468 e. The highest BCUT2D eigenvalue weighted by Crippen LogP contribution is 2.43. The summed E-state index contributed by atoms with van der Waals surface area (Å²) < 4.78 is 31.5. The lowest BCUT2D eigenvalue weighted by atomic mass is 9.84. The molecule has 6 heteroatoms. The molecule has 1 atom stereocenters. The summed E-state index contributed by atoms with van der Waals surface area (Å²) in [6.45, 7) is 0. The van der Waals surface area contributed by atoms with Gasteiger partial charge in [-0.05, 0) is 23.8 Å². The molecule has 3 nitrogen and oxygen atoms in total. The van der Waals surface area contributed by atoms with Gasteiger partial charge in [0.1, 0.15) is 0 Å². The van der Waals surface area contributed by atoms with Crippen LogP contribution >= 0.6 is 15.9 Å². The van der Waals surface area contributed by atoms with Crippen molar-refractivity contribution in [2.24, 2.45) is 5.41 Å². The SMILES string of the molecule is COC(=O)C1(C(F)F)Cc2cc(Br)ccc2C1=O. The van der Waals surface area contributed by atoms with Crippen LogP contribution in [-0.4, -0.2) is 25.3 Å². The molecule has 96 valence electrons. The number of benzene rings is 1. The number of hydrogen-bond donors (Lipinski definition) is 0. The fraction of sp³-hybridized carbons (Fsp3) is 0.333. The maximum atomic E-state index is 13.2. The minimum Gasteiger partial charge on any atom is -0.468 e. The van der Waals surface area contributed by atoms with Gasteiger partial charge >= 0.3 is 5.97 Å². The first-order valence-electron chi connectivity index (χ1n) is 5.13. The van der Waals surface area contributed by atoms with E-state index in [0.29, 0.717) is 10.0 Å². The fourth-order valence-electron chi connectivity index (χ4n) is 2.16. The molecule has 1 aliphatic rings. The predicted octanol–water partition coefficient (Wildman–Crippen LogP) is 2.61. The van der Waals surface area contributed by atoms with Crippen LogP contribution in [0.25, 0.3) is 0 Å². The van der Waals surface area contributed by atoms with Gasteiger partial charge in [-0.25, -0.2) is 8.78 Å². The van der Waals surface area contributed by atoms with Crippen molar-refractivity contribution in [3.8, 4) is 0 Å². The van der Waals surface area contributed by atoms with Crippen molar-refractivity contribution in [2.75, 3.05) is 7.11 Å². The van der Waals surface area contributed by atoms with Crippen LogP contribution in [-0.2, 0) is 16.0 Å². The third kappa shape index (κ3) is 1.67. The second-order valence-corrected chi connectivity index (χ2v) is 4.99. The van der Waals surface area contributed by atoms with Crippen LogP contribution in [0.1, 0.15) is 15.9 Å². The average Bonchev–Trinajstić information content (AvgIpc) is 2.62. The summed E-state index contributed by atoms with van der Waals surface area (Å²) in [5.41, 5.74) is -1.80. The topological polar surface area (TPSA) is 43.4 Å². The molecule has 2 rings (SSSR count). The van der Waals surface area contributed by atoms with Crippen LogP contribution in [0.5, 0.6) is 0 Å². The number of rotatable bonds is 2. The zero-order chi connectivity index (χ0) is 13.5. The van der Waals surface area contributed by atoms with Gasteiger partial charge in [-0.3, -0.25) is 9.59 Å². The molecule has 0 saturated carbocycles. The van der Waals surface area contributed by atoms with Crippen LogP contribution < -0.4 is 0 Å². The average molecular weight is 319 g/mol. The van der Waals surface area contributed by atoms with Crippen LogP contribution in [0, 0.1) is 5.41 Å². The zero-order valence-electron chi connectivity index (χ0n) is 9.38. The minimum atomic E-state index is -3.09. The van der Waals surface area contributed by atoms with E-state index >= 15 is 0 Å². The Morgan fingerprint density at radius 1 is 1.50 bits per heavy atom. The van der Waals surface area contributed by atoms with Gasteiger partial charge in [0.15, 0.2) is 11.2 Å². The molecule has 0 N–H and O–H groups in total. The number of ether oxygens (including phenoxy) is 1. The van der Waals surface area contributed by atoms with E-state index in [4.69, 9.17) is 0 Å². The van der Waals surface area contributed by atoms with E-state index in [-0.39, 0.29) is 12.0 Å². The Bertz CT molecular complexity index is 530. The van der Waals surface area contributed by atoms with E-state index in [2.05, 4.69) is 20.7 Å². The highest BCUT2D eigenvalue weighted by atomic mass is 79.9. The molecule has 0 fully saturated rings. The van der Waals surface area contributed by atoms with Crippen LogP contribution in [0.15, 0.2) is 22.7 Å². The van der Waals surface area contributed by atoms with E-state index in [1.807, 2.05) is 0 Å². The third-order valence-electron chi connectivity index (χ3n) is 3.11. The summed E-state index contributed by atoms with van der Waals surface area (Å²) >= 11 is 3.20. The first-order chi connectivity index (χ1) is 8.43. The Labute approximate surface area is 110 Å². The molecule has 0 aliphatic heterocycles. The van der Waals surface area contributed by atoms with E-state index < -0.39 is 23.6 Å². The molecule has 1 unspecified atom stereocenters. The molecular formula is C12H9BrF2O3. The van der Waals surface area contributed by atoms with Crippen molar-refractivity contribution in [3.63, 3.8) is 0 Å². The van der Waals surface area contributed by atoms with Crippen LogP contribution in [0.4, 0.5) is 8.78 Å². The van der Waals surface area contributed by atoms with Gasteiger partial charge in [0.05, 0.1) is 7.11 Å². The van der Waals surface area contributed by atoms with Crippen molar-refractivity contribution in [1.29, 1.82) is 0 Å². The summed E-state index contributed by atoms with van der Waals surface area (Å²) in [7, 11) is 0.999. The Kier molecular flexibility index (Phi) is 3.23. The summed E-state index contributed by atoms with van der Waals surface area (Å²) in [6.07, 6.45) is -3.42. The number of carbonyl (C=O) groups is 2. The molecule has 1 aromatic carbocycles. The normalized spacial score (nSPS) is 22.2. The molecule has 0 bridgehead atoms. The lowest BCUT2D eigenvalue weighted by Crippen LogP contribution is -2.44. The van der Waals surface area contributed by atoms with Crippen molar-refractivity contribution in [1.82, 2.24) is 0 Å². The number of alkyl halides is 2. The van der Waals surface area contributed by atoms with Crippen LogP contribution in [0.2, 0.25) is 0 Å². The molecular weight excluding hydrogens is 310 g/mol. The van der Waals surface area contributed by atoms with Crippen molar-refractivity contribution in [2.45, 2.75) is 12.8 Å². The maximum absolute atomic E-state index is 13.2. The van der Waals surface area contributed by atoms with E-state index in [1.54, 1.807) is 12.1 Å². The lowest BCUT2D eigenvalue weighted by Gasteiger charge is -2.22. The molecule has 0 aromatic heterocycles. The van der Waals surface area contributed by atoms with E-state index in [9.17, 15) is 18.4 Å². The highest BCUT2D eigenvalue weighted by molar-refractivity contribution is 9.10. The molecule has 18 heavy (non-hydrogen) atoms. The molecule has 0 spiro atoms. The summed E-state index contributed by atoms with van der Waals surface area (Å²) in [6, 6.07) is 4.59. The molecule has 0 saturated heterocycles. The zero-order valence-corrected chi connectivity index (χ0v) is 11.0. The Morgan fingerprint density at radius 2 is 2.17 bits per heavy atom. The standard InChI is InChI=1S/C12H9BrF2O3/c1-18-11(17)12(10(14)15)5-6-4-7(13)2-3-8(6)9(12)16/h2-4,10H,5H2,1H3. The first kappa shape index (κ1) is 13.1. The van der Waals surface area contributed by atoms with Crippen molar-refractivity contribution in [3.05, 3.63) is 33.8 Å². The second-order valence-electron chi connectivity index (χ2n) is 4.07. The second kappa shape index (κ2) is 4.42. The molecule has 0 radical (unpaired) electrons. The van der Waals surface area contributed by atoms with Gasteiger partial charge < -0.3 is 4.74 Å². The minimum absolute atomic E-state index is 0.156. The monoisotopic (exact) mass is 318 g/mol. The lowest BCUT2D eigenvalue weighted by molar-refractivity contribution is -0.157. The molecule has 0 heterocycles. The number of carbonyl (C=O) groups excluding carboxylic acids is 2. The van der Waals surface area contributed by atoms with Crippen LogP contribution in [0.3, 0.4) is 0 Å². The quantitative estimate of drug-likeness (QED) is 0.622. The number of ketones is 1. The summed E-state index contributed by atoms with van der Waals surface area (Å²) in [5, 5.41) is 0. The fourth-order valence-corrected chi connectivity index (χ4v) is 2.57. The summed E-state index contributed by atoms with van der Waals surface area (Å²) in [5.74, 6) is -2.05. The Hall–Kier alpha value is -1.30. The highest BCUT2D eigenvalue weighted by Gasteiger charge is 2.59. The van der Waals surface area contributed by atoms with E-state index in [1.165, 1.54) is 6.07 Å². The molecule has 1 aliphatic carbocycles. The number of fused-ring (bicyclic) bond motifs is 1. The first-order valence-corrected chi connectivity index (χ1v) is 5.92. The third-order valence-corrected chi connectivity index (χ3v) is 3.60. The Morgan fingerprint density at radius 3 is 2.72 bits per heavy atom. The van der Waals surface area contributed by atoms with Gasteiger partial charge in [-0.2, -0.15) is 0 Å². The predicted molar refractivity (Wildman–Crippen MR) is 62.6 cm³/mol. The smallest absolute Gasteiger partial charge is 0.326 e. The van der Waals surface area contributed by atoms with E-state index in [0.717, 1.165) is 7.11 Å². The Balaban J connectivity index is 2.56. The van der Waals surface area contributed by atoms with Gasteiger partial charge in [-0.1, -0.05) is 15.9 Å². The number of Topliss-reactive ketones (excluding diaryl/α,β-unsaturated/α-hetero) is 1. The van der Waals surface area contributed by atoms with Gasteiger partial charge in [0.2, 0.25) is 0 Å². The number of hydrogen-bond acceptors (Lipinski definition) is 3. The van der Waals surface area contributed by atoms with Gasteiger partial charge in [0, 0.05) is 16.5 Å². The maximum Gasteiger partial charge on any atom is 0.326 e. The number of halogens is 3. The van der Waals surface area contributed by atoms with Crippen molar-refractivity contribution >= 4 is 27.7 Å². The number of methoxy groups -OCH3 is 1. The van der Waals surface area contributed by atoms with Gasteiger partial charge in [-0.15, -0.1) is 0 Å². The molecule has 0 amide bonds. The number of esters is 1.